The van der Waals surface area contributed by atoms with Crippen molar-refractivity contribution >= 4 is 5.95 Å². The van der Waals surface area contributed by atoms with Gasteiger partial charge >= 0.3 is 0 Å². The van der Waals surface area contributed by atoms with Gasteiger partial charge in [0.2, 0.25) is 5.95 Å². The first kappa shape index (κ1) is 9.43. The molecule has 1 N–H and O–H groups in total. The zero-order chi connectivity index (χ0) is 10.0. The van der Waals surface area contributed by atoms with Gasteiger partial charge in [0.25, 0.3) is 0 Å². The van der Waals surface area contributed by atoms with E-state index in [4.69, 9.17) is 0 Å². The molecule has 0 atom stereocenters. The first-order valence-corrected chi connectivity index (χ1v) is 5.26. The third-order valence-electron chi connectivity index (χ3n) is 3.23. The van der Waals surface area contributed by atoms with E-state index in [-0.39, 0.29) is 5.54 Å². The van der Waals surface area contributed by atoms with Crippen LogP contribution in [0.15, 0.2) is 0 Å². The summed E-state index contributed by atoms with van der Waals surface area (Å²) in [7, 11) is 1.86. The number of nitrogens with zero attached hydrogens (tertiary/aromatic N) is 4. The van der Waals surface area contributed by atoms with E-state index in [0.29, 0.717) is 0 Å². The Morgan fingerprint density at radius 1 is 1.43 bits per heavy atom. The van der Waals surface area contributed by atoms with Crippen LogP contribution in [0, 0.1) is 0 Å². The van der Waals surface area contributed by atoms with E-state index in [1.165, 1.54) is 25.7 Å². The minimum Gasteiger partial charge on any atom is -0.348 e. The Bertz CT molecular complexity index is 300. The maximum atomic E-state index is 3.96. The van der Waals surface area contributed by atoms with Crippen LogP contribution in [0.3, 0.4) is 0 Å². The highest BCUT2D eigenvalue weighted by Gasteiger charge is 2.32. The molecular formula is C9H17N5. The van der Waals surface area contributed by atoms with Crippen LogP contribution in [-0.2, 0) is 7.05 Å². The van der Waals surface area contributed by atoms with Crippen molar-refractivity contribution in [2.75, 3.05) is 5.32 Å². The van der Waals surface area contributed by atoms with E-state index in [1.807, 2.05) is 7.05 Å². The summed E-state index contributed by atoms with van der Waals surface area (Å²) >= 11 is 0. The molecule has 0 amide bonds. The lowest BCUT2D eigenvalue weighted by Gasteiger charge is -2.28. The highest BCUT2D eigenvalue weighted by Crippen LogP contribution is 2.34. The maximum Gasteiger partial charge on any atom is 0.243 e. The van der Waals surface area contributed by atoms with Crippen molar-refractivity contribution in [1.29, 1.82) is 0 Å². The molecule has 0 bridgehead atoms. The van der Waals surface area contributed by atoms with E-state index >= 15 is 0 Å². The lowest BCUT2D eigenvalue weighted by Crippen LogP contribution is -2.35. The van der Waals surface area contributed by atoms with Crippen LogP contribution >= 0.6 is 0 Å². The van der Waals surface area contributed by atoms with Crippen LogP contribution in [0.1, 0.15) is 39.0 Å². The summed E-state index contributed by atoms with van der Waals surface area (Å²) in [5.74, 6) is 0.786. The molecule has 5 nitrogen and oxygen atoms in total. The van der Waals surface area contributed by atoms with E-state index in [9.17, 15) is 0 Å². The summed E-state index contributed by atoms with van der Waals surface area (Å²) in [6, 6.07) is 0. The van der Waals surface area contributed by atoms with Crippen LogP contribution in [0.4, 0.5) is 5.95 Å². The molecule has 1 fully saturated rings. The fourth-order valence-electron chi connectivity index (χ4n) is 2.19. The van der Waals surface area contributed by atoms with Crippen molar-refractivity contribution in [3.8, 4) is 0 Å². The fraction of sp³-hybridized carbons (Fsp3) is 0.889. The first-order chi connectivity index (χ1) is 6.76. The van der Waals surface area contributed by atoms with Gasteiger partial charge in [-0.2, -0.15) is 0 Å². The molecule has 1 heterocycles. The van der Waals surface area contributed by atoms with Crippen molar-refractivity contribution in [2.45, 2.75) is 44.6 Å². The SMILES string of the molecule is CCC1(Nc2nnnn2C)CCCC1. The minimum absolute atomic E-state index is 0.239. The minimum atomic E-state index is 0.239. The van der Waals surface area contributed by atoms with Gasteiger partial charge in [-0.25, -0.2) is 4.68 Å². The number of aromatic nitrogens is 4. The summed E-state index contributed by atoms with van der Waals surface area (Å²) in [6.07, 6.45) is 6.23. The molecule has 0 spiro atoms. The zero-order valence-corrected chi connectivity index (χ0v) is 8.82. The Kier molecular flexibility index (Phi) is 2.39. The average molecular weight is 195 g/mol. The van der Waals surface area contributed by atoms with Crippen LogP contribution in [-0.4, -0.2) is 25.7 Å². The Morgan fingerprint density at radius 3 is 2.64 bits per heavy atom. The van der Waals surface area contributed by atoms with Gasteiger partial charge in [-0.3, -0.25) is 0 Å². The highest BCUT2D eigenvalue weighted by molar-refractivity contribution is 5.28. The van der Waals surface area contributed by atoms with Crippen molar-refractivity contribution in [3.05, 3.63) is 0 Å². The quantitative estimate of drug-likeness (QED) is 0.791. The number of hydrogen-bond donors (Lipinski definition) is 1. The molecule has 5 heteroatoms. The molecule has 0 unspecified atom stereocenters. The van der Waals surface area contributed by atoms with E-state index in [1.54, 1.807) is 4.68 Å². The number of nitrogens with one attached hydrogen (secondary N) is 1. The third-order valence-corrected chi connectivity index (χ3v) is 3.23. The lowest BCUT2D eigenvalue weighted by molar-refractivity contribution is 0.458. The number of hydrogen-bond acceptors (Lipinski definition) is 4. The first-order valence-electron chi connectivity index (χ1n) is 5.26. The number of tetrazole rings is 1. The molecule has 1 saturated carbocycles. The van der Waals surface area contributed by atoms with Crippen molar-refractivity contribution in [2.24, 2.45) is 7.05 Å². The molecule has 1 aromatic heterocycles. The summed E-state index contributed by atoms with van der Waals surface area (Å²) in [5, 5.41) is 14.9. The van der Waals surface area contributed by atoms with Crippen molar-refractivity contribution in [3.63, 3.8) is 0 Å². The molecule has 78 valence electrons. The van der Waals surface area contributed by atoms with Gasteiger partial charge in [0.1, 0.15) is 0 Å². The molecule has 2 rings (SSSR count). The number of anilines is 1. The van der Waals surface area contributed by atoms with Crippen LogP contribution < -0.4 is 5.32 Å². The average Bonchev–Trinajstić information content (AvgIpc) is 2.79. The summed E-state index contributed by atoms with van der Waals surface area (Å²) in [5.41, 5.74) is 0.239. The third kappa shape index (κ3) is 1.58. The Balaban J connectivity index is 2.12. The molecule has 1 aliphatic carbocycles. The van der Waals surface area contributed by atoms with Gasteiger partial charge in [-0.1, -0.05) is 24.9 Å². The van der Waals surface area contributed by atoms with Gasteiger partial charge < -0.3 is 5.32 Å². The van der Waals surface area contributed by atoms with Gasteiger partial charge in [-0.15, -0.1) is 0 Å². The van der Waals surface area contributed by atoms with Gasteiger partial charge in [0.05, 0.1) is 0 Å². The lowest BCUT2D eigenvalue weighted by atomic mass is 9.94. The normalized spacial score (nSPS) is 19.9. The molecule has 0 radical (unpaired) electrons. The second-order valence-electron chi connectivity index (χ2n) is 4.09. The van der Waals surface area contributed by atoms with E-state index < -0.39 is 0 Å². The van der Waals surface area contributed by atoms with Gasteiger partial charge in [-0.05, 0) is 29.7 Å². The van der Waals surface area contributed by atoms with Crippen molar-refractivity contribution in [1.82, 2.24) is 20.2 Å². The zero-order valence-electron chi connectivity index (χ0n) is 8.82. The summed E-state index contributed by atoms with van der Waals surface area (Å²) < 4.78 is 1.69. The van der Waals surface area contributed by atoms with Crippen LogP contribution in [0.5, 0.6) is 0 Å². The summed E-state index contributed by atoms with van der Waals surface area (Å²) in [6.45, 7) is 2.22. The topological polar surface area (TPSA) is 55.6 Å². The van der Waals surface area contributed by atoms with Crippen LogP contribution in [0.25, 0.3) is 0 Å². The van der Waals surface area contributed by atoms with Gasteiger partial charge in [0, 0.05) is 12.6 Å². The fourth-order valence-corrected chi connectivity index (χ4v) is 2.19. The highest BCUT2D eigenvalue weighted by atomic mass is 15.6. The molecule has 0 aromatic carbocycles. The smallest absolute Gasteiger partial charge is 0.243 e. The number of rotatable bonds is 3. The van der Waals surface area contributed by atoms with Crippen LogP contribution in [0.2, 0.25) is 0 Å². The standard InChI is InChI=1S/C9H17N5/c1-3-9(6-4-5-7-9)10-8-11-12-13-14(8)2/h3-7H2,1-2H3,(H,10,11,13). The maximum absolute atomic E-state index is 3.96. The second-order valence-corrected chi connectivity index (χ2v) is 4.09. The predicted molar refractivity (Wildman–Crippen MR) is 53.9 cm³/mol. The molecular weight excluding hydrogens is 178 g/mol. The molecule has 0 aliphatic heterocycles. The number of aryl methyl sites for hydroxylation is 1. The van der Waals surface area contributed by atoms with Crippen molar-refractivity contribution < 1.29 is 0 Å². The molecule has 0 saturated heterocycles. The molecule has 1 aliphatic rings. The Morgan fingerprint density at radius 2 is 2.14 bits per heavy atom. The molecule has 1 aromatic rings. The monoisotopic (exact) mass is 195 g/mol. The van der Waals surface area contributed by atoms with Gasteiger partial charge in [0.15, 0.2) is 0 Å². The Labute approximate surface area is 83.9 Å². The second kappa shape index (κ2) is 3.55. The van der Waals surface area contributed by atoms with E-state index in [0.717, 1.165) is 12.4 Å². The van der Waals surface area contributed by atoms with E-state index in [2.05, 4.69) is 27.8 Å². The Hall–Kier alpha value is -1.13. The molecule has 14 heavy (non-hydrogen) atoms. The predicted octanol–water partition coefficient (Wildman–Crippen LogP) is 1.34. The largest absolute Gasteiger partial charge is 0.348 e. The summed E-state index contributed by atoms with van der Waals surface area (Å²) in [4.78, 5) is 0.